The molecule has 12 heavy (non-hydrogen) atoms. The van der Waals surface area contributed by atoms with Crippen LogP contribution in [0.2, 0.25) is 0 Å². The topological polar surface area (TPSA) is 35.5 Å². The number of piperazine rings is 1. The molecule has 2 atom stereocenters. The standard InChI is InChI=1S/C9H20N2O/c1-8-6-11(4-3-5-12)7-9(2)10-8/h8-10,12H,3-7H2,1-2H3/t8-,9+. The molecule has 0 bridgehead atoms. The second-order valence-electron chi connectivity index (χ2n) is 3.81. The average molecular weight is 172 g/mol. The van der Waals surface area contributed by atoms with Crippen LogP contribution in [-0.4, -0.2) is 48.3 Å². The molecular weight excluding hydrogens is 152 g/mol. The first-order valence-corrected chi connectivity index (χ1v) is 4.81. The second-order valence-corrected chi connectivity index (χ2v) is 3.81. The molecular formula is C9H20N2O. The van der Waals surface area contributed by atoms with Crippen LogP contribution in [0.15, 0.2) is 0 Å². The molecule has 2 N–H and O–H groups in total. The highest BCUT2D eigenvalue weighted by atomic mass is 16.3. The molecule has 0 aromatic rings. The summed E-state index contributed by atoms with van der Waals surface area (Å²) < 4.78 is 0. The molecule has 0 aromatic carbocycles. The van der Waals surface area contributed by atoms with E-state index in [4.69, 9.17) is 5.11 Å². The predicted molar refractivity (Wildman–Crippen MR) is 50.2 cm³/mol. The van der Waals surface area contributed by atoms with Crippen LogP contribution in [0.1, 0.15) is 20.3 Å². The van der Waals surface area contributed by atoms with Crippen molar-refractivity contribution >= 4 is 0 Å². The molecule has 1 aliphatic rings. The third kappa shape index (κ3) is 3.09. The van der Waals surface area contributed by atoms with Gasteiger partial charge in [-0.1, -0.05) is 0 Å². The van der Waals surface area contributed by atoms with Crippen molar-refractivity contribution in [2.45, 2.75) is 32.4 Å². The normalized spacial score (nSPS) is 32.2. The highest BCUT2D eigenvalue weighted by Crippen LogP contribution is 2.03. The van der Waals surface area contributed by atoms with Crippen molar-refractivity contribution in [3.63, 3.8) is 0 Å². The lowest BCUT2D eigenvalue weighted by Crippen LogP contribution is -2.54. The van der Waals surface area contributed by atoms with Crippen molar-refractivity contribution in [1.82, 2.24) is 10.2 Å². The van der Waals surface area contributed by atoms with Crippen molar-refractivity contribution in [3.8, 4) is 0 Å². The van der Waals surface area contributed by atoms with E-state index in [1.807, 2.05) is 0 Å². The summed E-state index contributed by atoms with van der Waals surface area (Å²) in [6.45, 7) is 8.00. The van der Waals surface area contributed by atoms with Gasteiger partial charge in [0.05, 0.1) is 0 Å². The third-order valence-corrected chi connectivity index (χ3v) is 2.27. The zero-order valence-electron chi connectivity index (χ0n) is 8.08. The van der Waals surface area contributed by atoms with Gasteiger partial charge in [0.15, 0.2) is 0 Å². The molecule has 0 aromatic heterocycles. The van der Waals surface area contributed by atoms with Crippen molar-refractivity contribution in [3.05, 3.63) is 0 Å². The Kier molecular flexibility index (Phi) is 3.98. The number of aliphatic hydroxyl groups is 1. The summed E-state index contributed by atoms with van der Waals surface area (Å²) in [6.07, 6.45) is 0.902. The molecule has 3 nitrogen and oxygen atoms in total. The third-order valence-electron chi connectivity index (χ3n) is 2.27. The van der Waals surface area contributed by atoms with Crippen LogP contribution < -0.4 is 5.32 Å². The average Bonchev–Trinajstić information content (AvgIpc) is 1.99. The predicted octanol–water partition coefficient (Wildman–Crippen LogP) is 0.0510. The summed E-state index contributed by atoms with van der Waals surface area (Å²) in [5.41, 5.74) is 0. The van der Waals surface area contributed by atoms with E-state index in [0.29, 0.717) is 18.7 Å². The van der Waals surface area contributed by atoms with Crippen molar-refractivity contribution in [1.29, 1.82) is 0 Å². The maximum atomic E-state index is 8.69. The minimum Gasteiger partial charge on any atom is -0.396 e. The van der Waals surface area contributed by atoms with Crippen LogP contribution >= 0.6 is 0 Å². The summed E-state index contributed by atoms with van der Waals surface area (Å²) in [6, 6.07) is 1.18. The highest BCUT2D eigenvalue weighted by molar-refractivity contribution is 4.80. The monoisotopic (exact) mass is 172 g/mol. The molecule has 0 spiro atoms. The fourth-order valence-electron chi connectivity index (χ4n) is 1.92. The zero-order valence-corrected chi connectivity index (χ0v) is 8.08. The van der Waals surface area contributed by atoms with Gasteiger partial charge in [0.1, 0.15) is 0 Å². The molecule has 0 amide bonds. The molecule has 0 unspecified atom stereocenters. The smallest absolute Gasteiger partial charge is 0.0443 e. The summed E-state index contributed by atoms with van der Waals surface area (Å²) in [7, 11) is 0. The molecule has 1 heterocycles. The first-order valence-electron chi connectivity index (χ1n) is 4.81. The Hall–Kier alpha value is -0.120. The Labute approximate surface area is 74.8 Å². The van der Waals surface area contributed by atoms with E-state index < -0.39 is 0 Å². The Morgan fingerprint density at radius 2 is 1.92 bits per heavy atom. The van der Waals surface area contributed by atoms with Crippen molar-refractivity contribution in [2.75, 3.05) is 26.2 Å². The second kappa shape index (κ2) is 4.80. The summed E-state index contributed by atoms with van der Waals surface area (Å²) in [5, 5.41) is 12.2. The highest BCUT2D eigenvalue weighted by Gasteiger charge is 2.19. The first-order chi connectivity index (χ1) is 5.72. The van der Waals surface area contributed by atoms with Gasteiger partial charge in [0.2, 0.25) is 0 Å². The minimum absolute atomic E-state index is 0.312. The Bertz CT molecular complexity index is 120. The van der Waals surface area contributed by atoms with Gasteiger partial charge >= 0.3 is 0 Å². The molecule has 3 heteroatoms. The summed E-state index contributed by atoms with van der Waals surface area (Å²) >= 11 is 0. The molecule has 1 aliphatic heterocycles. The quantitative estimate of drug-likeness (QED) is 0.631. The maximum absolute atomic E-state index is 8.69. The summed E-state index contributed by atoms with van der Waals surface area (Å²) in [5.74, 6) is 0. The number of hydrogen-bond acceptors (Lipinski definition) is 3. The van der Waals surface area contributed by atoms with Gasteiger partial charge in [-0.05, 0) is 20.3 Å². The lowest BCUT2D eigenvalue weighted by Gasteiger charge is -2.36. The molecule has 1 fully saturated rings. The lowest BCUT2D eigenvalue weighted by molar-refractivity contribution is 0.158. The Morgan fingerprint density at radius 3 is 2.42 bits per heavy atom. The van der Waals surface area contributed by atoms with E-state index in [0.717, 1.165) is 26.1 Å². The molecule has 0 aliphatic carbocycles. The Balaban J connectivity index is 2.24. The summed E-state index contributed by atoms with van der Waals surface area (Å²) in [4.78, 5) is 2.42. The van der Waals surface area contributed by atoms with Gasteiger partial charge in [0, 0.05) is 38.3 Å². The largest absolute Gasteiger partial charge is 0.396 e. The molecule has 1 rings (SSSR count). The number of hydrogen-bond donors (Lipinski definition) is 2. The van der Waals surface area contributed by atoms with Crippen LogP contribution in [-0.2, 0) is 0 Å². The number of nitrogens with one attached hydrogen (secondary N) is 1. The zero-order chi connectivity index (χ0) is 8.97. The van der Waals surface area contributed by atoms with Crippen molar-refractivity contribution < 1.29 is 5.11 Å². The van der Waals surface area contributed by atoms with E-state index in [1.165, 1.54) is 0 Å². The van der Waals surface area contributed by atoms with Gasteiger partial charge in [-0.25, -0.2) is 0 Å². The fourth-order valence-corrected chi connectivity index (χ4v) is 1.92. The number of nitrogens with zero attached hydrogens (tertiary/aromatic N) is 1. The van der Waals surface area contributed by atoms with Crippen LogP contribution in [0.5, 0.6) is 0 Å². The van der Waals surface area contributed by atoms with E-state index in [1.54, 1.807) is 0 Å². The van der Waals surface area contributed by atoms with Gasteiger partial charge in [0.25, 0.3) is 0 Å². The first kappa shape index (κ1) is 9.96. The molecule has 72 valence electrons. The van der Waals surface area contributed by atoms with Crippen LogP contribution in [0.4, 0.5) is 0 Å². The Morgan fingerprint density at radius 1 is 1.33 bits per heavy atom. The van der Waals surface area contributed by atoms with Gasteiger partial charge in [-0.15, -0.1) is 0 Å². The van der Waals surface area contributed by atoms with Gasteiger partial charge < -0.3 is 15.3 Å². The molecule has 0 radical (unpaired) electrons. The van der Waals surface area contributed by atoms with Crippen LogP contribution in [0.25, 0.3) is 0 Å². The molecule has 0 saturated carbocycles. The number of aliphatic hydroxyl groups excluding tert-OH is 1. The van der Waals surface area contributed by atoms with E-state index in [9.17, 15) is 0 Å². The SMILES string of the molecule is C[C@@H]1CN(CCCO)C[C@H](C)N1. The fraction of sp³-hybridized carbons (Fsp3) is 1.00. The molecule has 1 saturated heterocycles. The van der Waals surface area contributed by atoms with E-state index >= 15 is 0 Å². The van der Waals surface area contributed by atoms with E-state index in [2.05, 4.69) is 24.1 Å². The maximum Gasteiger partial charge on any atom is 0.0443 e. The van der Waals surface area contributed by atoms with Crippen LogP contribution in [0, 0.1) is 0 Å². The van der Waals surface area contributed by atoms with E-state index in [-0.39, 0.29) is 0 Å². The van der Waals surface area contributed by atoms with Crippen LogP contribution in [0.3, 0.4) is 0 Å². The lowest BCUT2D eigenvalue weighted by atomic mass is 10.1. The van der Waals surface area contributed by atoms with Gasteiger partial charge in [-0.3, -0.25) is 0 Å². The minimum atomic E-state index is 0.312. The number of rotatable bonds is 3. The van der Waals surface area contributed by atoms with Crippen molar-refractivity contribution in [2.24, 2.45) is 0 Å². The van der Waals surface area contributed by atoms with Gasteiger partial charge in [-0.2, -0.15) is 0 Å².